The number of benzene rings is 2. The standard InChI is InChI=1S/C18H23FN2/c1-11-7-13(3)16(14(4)8-11)10-18(21-20)17-9-15(19)6-5-12(17)2/h5-9,18,21H,10,20H2,1-4H3. The largest absolute Gasteiger partial charge is 0.271 e. The van der Waals surface area contributed by atoms with Crippen LogP contribution in [0.3, 0.4) is 0 Å². The lowest BCUT2D eigenvalue weighted by atomic mass is 9.90. The number of hydrazine groups is 1. The summed E-state index contributed by atoms with van der Waals surface area (Å²) in [6, 6.07) is 9.10. The van der Waals surface area contributed by atoms with E-state index in [-0.39, 0.29) is 11.9 Å². The third-order valence-electron chi connectivity index (χ3n) is 4.07. The third kappa shape index (κ3) is 3.49. The third-order valence-corrected chi connectivity index (χ3v) is 4.07. The Balaban J connectivity index is 2.38. The van der Waals surface area contributed by atoms with Gasteiger partial charge in [-0.15, -0.1) is 0 Å². The Kier molecular flexibility index (Phi) is 4.76. The Labute approximate surface area is 126 Å². The van der Waals surface area contributed by atoms with Crippen molar-refractivity contribution in [3.8, 4) is 0 Å². The van der Waals surface area contributed by atoms with Crippen molar-refractivity contribution in [3.05, 3.63) is 69.5 Å². The van der Waals surface area contributed by atoms with Gasteiger partial charge in [-0.2, -0.15) is 0 Å². The molecular weight excluding hydrogens is 263 g/mol. The van der Waals surface area contributed by atoms with Gasteiger partial charge in [-0.1, -0.05) is 23.8 Å². The Morgan fingerprint density at radius 2 is 1.62 bits per heavy atom. The van der Waals surface area contributed by atoms with Gasteiger partial charge in [-0.3, -0.25) is 11.3 Å². The van der Waals surface area contributed by atoms with Crippen molar-refractivity contribution >= 4 is 0 Å². The minimum absolute atomic E-state index is 0.0965. The second-order valence-corrected chi connectivity index (χ2v) is 5.80. The highest BCUT2D eigenvalue weighted by atomic mass is 19.1. The zero-order valence-corrected chi connectivity index (χ0v) is 13.1. The fourth-order valence-corrected chi connectivity index (χ4v) is 2.98. The van der Waals surface area contributed by atoms with Gasteiger partial charge in [-0.05, 0) is 74.1 Å². The Bertz CT molecular complexity index is 627. The smallest absolute Gasteiger partial charge is 0.123 e. The molecule has 0 radical (unpaired) electrons. The van der Waals surface area contributed by atoms with Crippen LogP contribution in [-0.4, -0.2) is 0 Å². The highest BCUT2D eigenvalue weighted by Gasteiger charge is 2.16. The molecule has 0 bridgehead atoms. The van der Waals surface area contributed by atoms with Crippen LogP contribution in [0.1, 0.15) is 39.4 Å². The summed E-state index contributed by atoms with van der Waals surface area (Å²) in [6.07, 6.45) is 0.749. The molecule has 0 saturated heterocycles. The molecule has 21 heavy (non-hydrogen) atoms. The van der Waals surface area contributed by atoms with Crippen molar-refractivity contribution in [2.24, 2.45) is 5.84 Å². The maximum Gasteiger partial charge on any atom is 0.123 e. The van der Waals surface area contributed by atoms with Gasteiger partial charge in [0.2, 0.25) is 0 Å². The number of halogens is 1. The minimum Gasteiger partial charge on any atom is -0.271 e. The van der Waals surface area contributed by atoms with Crippen molar-refractivity contribution in [1.29, 1.82) is 0 Å². The number of hydrogen-bond donors (Lipinski definition) is 2. The molecule has 2 aromatic rings. The summed E-state index contributed by atoms with van der Waals surface area (Å²) in [7, 11) is 0. The molecule has 1 unspecified atom stereocenters. The second kappa shape index (κ2) is 6.37. The summed E-state index contributed by atoms with van der Waals surface area (Å²) in [5, 5.41) is 0. The van der Waals surface area contributed by atoms with Crippen LogP contribution in [-0.2, 0) is 6.42 Å². The van der Waals surface area contributed by atoms with Crippen LogP contribution >= 0.6 is 0 Å². The van der Waals surface area contributed by atoms with Gasteiger partial charge in [0.05, 0.1) is 6.04 Å². The second-order valence-electron chi connectivity index (χ2n) is 5.80. The average Bonchev–Trinajstić information content (AvgIpc) is 2.41. The molecule has 0 aliphatic rings. The van der Waals surface area contributed by atoms with Gasteiger partial charge in [0.15, 0.2) is 0 Å². The summed E-state index contributed by atoms with van der Waals surface area (Å²) >= 11 is 0. The van der Waals surface area contributed by atoms with Crippen LogP contribution in [0.2, 0.25) is 0 Å². The minimum atomic E-state index is -0.229. The molecule has 0 spiro atoms. The molecular formula is C18H23FN2. The number of nitrogens with two attached hydrogens (primary N) is 1. The van der Waals surface area contributed by atoms with Crippen LogP contribution in [0.4, 0.5) is 4.39 Å². The van der Waals surface area contributed by atoms with Gasteiger partial charge in [0, 0.05) is 0 Å². The summed E-state index contributed by atoms with van der Waals surface area (Å²) in [5.74, 6) is 5.50. The Morgan fingerprint density at radius 3 is 2.19 bits per heavy atom. The Hall–Kier alpha value is -1.71. The fourth-order valence-electron chi connectivity index (χ4n) is 2.98. The maximum atomic E-state index is 13.5. The number of aryl methyl sites for hydroxylation is 4. The van der Waals surface area contributed by atoms with Crippen molar-refractivity contribution in [1.82, 2.24) is 5.43 Å². The van der Waals surface area contributed by atoms with Crippen LogP contribution in [0, 0.1) is 33.5 Å². The predicted molar refractivity (Wildman–Crippen MR) is 85.6 cm³/mol. The summed E-state index contributed by atoms with van der Waals surface area (Å²) in [6.45, 7) is 8.30. The summed E-state index contributed by atoms with van der Waals surface area (Å²) < 4.78 is 13.5. The van der Waals surface area contributed by atoms with Gasteiger partial charge in [0.1, 0.15) is 5.82 Å². The van der Waals surface area contributed by atoms with Gasteiger partial charge in [0.25, 0.3) is 0 Å². The molecule has 0 fully saturated rings. The highest BCUT2D eigenvalue weighted by molar-refractivity contribution is 5.40. The molecule has 3 heteroatoms. The van der Waals surface area contributed by atoms with Gasteiger partial charge >= 0.3 is 0 Å². The van der Waals surface area contributed by atoms with Crippen LogP contribution < -0.4 is 11.3 Å². The first-order valence-corrected chi connectivity index (χ1v) is 7.21. The molecule has 2 nitrogen and oxygen atoms in total. The lowest BCUT2D eigenvalue weighted by Gasteiger charge is -2.21. The highest BCUT2D eigenvalue weighted by Crippen LogP contribution is 2.26. The van der Waals surface area contributed by atoms with Gasteiger partial charge in [-0.25, -0.2) is 4.39 Å². The van der Waals surface area contributed by atoms with E-state index < -0.39 is 0 Å². The molecule has 2 rings (SSSR count). The van der Waals surface area contributed by atoms with Crippen LogP contribution in [0.5, 0.6) is 0 Å². The average molecular weight is 286 g/mol. The molecule has 0 heterocycles. The van der Waals surface area contributed by atoms with E-state index in [0.29, 0.717) is 0 Å². The molecule has 3 N–H and O–H groups in total. The first kappa shape index (κ1) is 15.7. The van der Waals surface area contributed by atoms with Crippen LogP contribution in [0.25, 0.3) is 0 Å². The topological polar surface area (TPSA) is 38.0 Å². The van der Waals surface area contributed by atoms with Gasteiger partial charge < -0.3 is 0 Å². The van der Waals surface area contributed by atoms with Crippen molar-refractivity contribution in [3.63, 3.8) is 0 Å². The number of hydrogen-bond acceptors (Lipinski definition) is 2. The molecule has 0 saturated carbocycles. The van der Waals surface area contributed by atoms with Crippen molar-refractivity contribution in [2.45, 2.75) is 40.2 Å². The summed E-state index contributed by atoms with van der Waals surface area (Å²) in [5.41, 5.74) is 9.83. The Morgan fingerprint density at radius 1 is 1.00 bits per heavy atom. The lowest BCUT2D eigenvalue weighted by molar-refractivity contribution is 0.539. The monoisotopic (exact) mass is 286 g/mol. The van der Waals surface area contributed by atoms with E-state index in [0.717, 1.165) is 17.5 Å². The quantitative estimate of drug-likeness (QED) is 0.662. The molecule has 0 aliphatic heterocycles. The molecule has 1 atom stereocenters. The SMILES string of the molecule is Cc1cc(C)c(CC(NN)c2cc(F)ccc2C)c(C)c1. The molecule has 112 valence electrons. The van der Waals surface area contributed by atoms with E-state index in [1.54, 1.807) is 12.1 Å². The van der Waals surface area contributed by atoms with E-state index >= 15 is 0 Å². The first-order valence-electron chi connectivity index (χ1n) is 7.21. The number of rotatable bonds is 4. The van der Waals surface area contributed by atoms with E-state index in [4.69, 9.17) is 5.84 Å². The van der Waals surface area contributed by atoms with E-state index in [1.165, 1.54) is 28.3 Å². The summed E-state index contributed by atoms with van der Waals surface area (Å²) in [4.78, 5) is 0. The molecule has 0 amide bonds. The lowest BCUT2D eigenvalue weighted by Crippen LogP contribution is -2.30. The van der Waals surface area contributed by atoms with Crippen molar-refractivity contribution in [2.75, 3.05) is 0 Å². The van der Waals surface area contributed by atoms with Crippen molar-refractivity contribution < 1.29 is 4.39 Å². The van der Waals surface area contributed by atoms with E-state index in [2.05, 4.69) is 38.3 Å². The molecule has 2 aromatic carbocycles. The molecule has 0 aliphatic carbocycles. The zero-order chi connectivity index (χ0) is 15.6. The normalized spacial score (nSPS) is 12.5. The van der Waals surface area contributed by atoms with E-state index in [1.807, 2.05) is 6.92 Å². The first-order chi connectivity index (χ1) is 9.92. The molecule has 0 aromatic heterocycles. The maximum absolute atomic E-state index is 13.5. The predicted octanol–water partition coefficient (Wildman–Crippen LogP) is 3.81. The fraction of sp³-hybridized carbons (Fsp3) is 0.333. The zero-order valence-electron chi connectivity index (χ0n) is 13.1. The number of nitrogens with one attached hydrogen (secondary N) is 1. The van der Waals surface area contributed by atoms with Crippen LogP contribution in [0.15, 0.2) is 30.3 Å². The van der Waals surface area contributed by atoms with E-state index in [9.17, 15) is 4.39 Å².